The number of rotatable bonds is 12. The van der Waals surface area contributed by atoms with E-state index in [1.54, 1.807) is 24.1 Å². The summed E-state index contributed by atoms with van der Waals surface area (Å²) < 4.78 is 5.34. The van der Waals surface area contributed by atoms with Gasteiger partial charge >= 0.3 is 6.03 Å². The van der Waals surface area contributed by atoms with Crippen molar-refractivity contribution in [1.82, 2.24) is 10.2 Å². The second-order valence-electron chi connectivity index (χ2n) is 9.23. The van der Waals surface area contributed by atoms with E-state index in [4.69, 9.17) is 4.74 Å². The van der Waals surface area contributed by atoms with Crippen molar-refractivity contribution in [2.45, 2.75) is 32.6 Å². The lowest BCUT2D eigenvalue weighted by atomic mass is 9.88. The summed E-state index contributed by atoms with van der Waals surface area (Å²) in [7, 11) is 1.57. The average molecular weight is 488 g/mol. The summed E-state index contributed by atoms with van der Waals surface area (Å²) in [5.74, 6) is 1.01. The van der Waals surface area contributed by atoms with E-state index < -0.39 is 0 Å². The third kappa shape index (κ3) is 8.15. The fraction of sp³-hybridized carbons (Fsp3) is 0.333. The van der Waals surface area contributed by atoms with Crippen molar-refractivity contribution in [1.29, 1.82) is 0 Å². The van der Waals surface area contributed by atoms with Gasteiger partial charge in [-0.05, 0) is 35.6 Å². The number of ether oxygens (including phenoxy) is 1. The maximum atomic E-state index is 13.0. The number of amides is 3. The zero-order valence-electron chi connectivity index (χ0n) is 21.4. The largest absolute Gasteiger partial charge is 0.495 e. The van der Waals surface area contributed by atoms with Crippen LogP contribution in [0.1, 0.15) is 43.7 Å². The molecule has 0 bridgehead atoms. The third-order valence-corrected chi connectivity index (χ3v) is 5.99. The van der Waals surface area contributed by atoms with Gasteiger partial charge in [0.15, 0.2) is 0 Å². The predicted molar refractivity (Wildman–Crippen MR) is 145 cm³/mol. The minimum atomic E-state index is -0.241. The minimum Gasteiger partial charge on any atom is -0.495 e. The molecule has 0 aliphatic carbocycles. The predicted octanol–water partition coefficient (Wildman–Crippen LogP) is 5.91. The van der Waals surface area contributed by atoms with Crippen LogP contribution in [0.15, 0.2) is 84.9 Å². The van der Waals surface area contributed by atoms with Crippen LogP contribution < -0.4 is 15.4 Å². The van der Waals surface area contributed by atoms with Crippen LogP contribution in [0.25, 0.3) is 0 Å². The molecule has 0 saturated carbocycles. The molecule has 0 saturated heterocycles. The highest BCUT2D eigenvalue weighted by molar-refractivity contribution is 5.91. The first-order chi connectivity index (χ1) is 17.5. The van der Waals surface area contributed by atoms with Crippen LogP contribution >= 0.6 is 0 Å². The normalized spacial score (nSPS) is 10.8. The van der Waals surface area contributed by atoms with Gasteiger partial charge in [-0.2, -0.15) is 0 Å². The van der Waals surface area contributed by atoms with Gasteiger partial charge in [-0.15, -0.1) is 0 Å². The Hall–Kier alpha value is -3.80. The number of nitrogens with one attached hydrogen (secondary N) is 2. The second-order valence-corrected chi connectivity index (χ2v) is 9.23. The van der Waals surface area contributed by atoms with Crippen LogP contribution in [-0.2, 0) is 4.79 Å². The van der Waals surface area contributed by atoms with Crippen molar-refractivity contribution in [3.63, 3.8) is 0 Å². The van der Waals surface area contributed by atoms with Crippen LogP contribution in [0.5, 0.6) is 5.75 Å². The van der Waals surface area contributed by atoms with Crippen molar-refractivity contribution in [3.8, 4) is 5.75 Å². The third-order valence-electron chi connectivity index (χ3n) is 5.99. The monoisotopic (exact) mass is 487 g/mol. The molecule has 0 aromatic heterocycles. The summed E-state index contributed by atoms with van der Waals surface area (Å²) in [6.07, 6.45) is 1.04. The Kier molecular flexibility index (Phi) is 10.4. The second kappa shape index (κ2) is 13.9. The first-order valence-corrected chi connectivity index (χ1v) is 12.5. The number of carbonyl (C=O) groups excluding carboxylic acids is 2. The van der Waals surface area contributed by atoms with Gasteiger partial charge in [0.1, 0.15) is 5.75 Å². The van der Waals surface area contributed by atoms with E-state index in [1.807, 2.05) is 48.5 Å². The molecule has 190 valence electrons. The lowest BCUT2D eigenvalue weighted by Crippen LogP contribution is -2.40. The first kappa shape index (κ1) is 26.8. The number of hydrogen-bond donors (Lipinski definition) is 2. The Morgan fingerprint density at radius 3 is 2.03 bits per heavy atom. The van der Waals surface area contributed by atoms with Gasteiger partial charge in [0.25, 0.3) is 0 Å². The molecule has 3 amide bonds. The number of anilines is 1. The van der Waals surface area contributed by atoms with Gasteiger partial charge < -0.3 is 20.3 Å². The highest BCUT2D eigenvalue weighted by Crippen LogP contribution is 2.27. The molecular weight excluding hydrogens is 450 g/mol. The van der Waals surface area contributed by atoms with E-state index in [2.05, 4.69) is 48.7 Å². The molecule has 3 aromatic rings. The fourth-order valence-electron chi connectivity index (χ4n) is 4.24. The Bertz CT molecular complexity index is 1050. The molecule has 0 aliphatic heterocycles. The van der Waals surface area contributed by atoms with Gasteiger partial charge in [0.05, 0.1) is 12.8 Å². The zero-order chi connectivity index (χ0) is 25.8. The molecule has 0 heterocycles. The summed E-state index contributed by atoms with van der Waals surface area (Å²) in [6, 6.07) is 27.8. The van der Waals surface area contributed by atoms with Crippen molar-refractivity contribution in [2.24, 2.45) is 5.92 Å². The van der Waals surface area contributed by atoms with Crippen molar-refractivity contribution in [2.75, 3.05) is 32.1 Å². The SMILES string of the molecule is COc1ccccc1NC(=O)N(CCC(=O)NCCC(c1ccccc1)c1ccccc1)CC(C)C. The van der Waals surface area contributed by atoms with E-state index >= 15 is 0 Å². The van der Waals surface area contributed by atoms with Crippen LogP contribution in [0.2, 0.25) is 0 Å². The Morgan fingerprint density at radius 2 is 1.44 bits per heavy atom. The number of carbonyl (C=O) groups is 2. The highest BCUT2D eigenvalue weighted by Gasteiger charge is 2.18. The molecule has 0 unspecified atom stereocenters. The van der Waals surface area contributed by atoms with E-state index in [0.717, 1.165) is 6.42 Å². The summed E-state index contributed by atoms with van der Waals surface area (Å²) in [5, 5.41) is 5.97. The zero-order valence-corrected chi connectivity index (χ0v) is 21.4. The highest BCUT2D eigenvalue weighted by atomic mass is 16.5. The van der Waals surface area contributed by atoms with Crippen LogP contribution in [0, 0.1) is 5.92 Å². The molecule has 0 spiro atoms. The molecule has 2 N–H and O–H groups in total. The molecule has 3 aromatic carbocycles. The molecule has 36 heavy (non-hydrogen) atoms. The van der Waals surface area contributed by atoms with Crippen LogP contribution in [-0.4, -0.2) is 43.6 Å². The Labute approximate surface area is 214 Å². The number of nitrogens with zero attached hydrogens (tertiary/aromatic N) is 1. The first-order valence-electron chi connectivity index (χ1n) is 12.5. The topological polar surface area (TPSA) is 70.7 Å². The van der Waals surface area contributed by atoms with Gasteiger partial charge in [-0.3, -0.25) is 4.79 Å². The summed E-state index contributed by atoms with van der Waals surface area (Å²) in [5.41, 5.74) is 3.07. The lowest BCUT2D eigenvalue weighted by molar-refractivity contribution is -0.121. The van der Waals surface area contributed by atoms with Crippen molar-refractivity contribution < 1.29 is 14.3 Å². The van der Waals surface area contributed by atoms with Crippen molar-refractivity contribution >= 4 is 17.6 Å². The van der Waals surface area contributed by atoms with Gasteiger partial charge in [-0.1, -0.05) is 86.6 Å². The summed E-state index contributed by atoms with van der Waals surface area (Å²) in [6.45, 7) is 5.56. The molecular formula is C30H37N3O3. The molecule has 0 atom stereocenters. The molecule has 6 nitrogen and oxygen atoms in total. The number of para-hydroxylation sites is 2. The van der Waals surface area contributed by atoms with Crippen LogP contribution in [0.4, 0.5) is 10.5 Å². The molecule has 0 aliphatic rings. The quantitative estimate of drug-likeness (QED) is 0.333. The minimum absolute atomic E-state index is 0.0614. The van der Waals surface area contributed by atoms with Gasteiger partial charge in [0.2, 0.25) is 5.91 Å². The maximum Gasteiger partial charge on any atom is 0.321 e. The Balaban J connectivity index is 1.55. The van der Waals surface area contributed by atoms with Crippen LogP contribution in [0.3, 0.4) is 0 Å². The smallest absolute Gasteiger partial charge is 0.321 e. The summed E-state index contributed by atoms with van der Waals surface area (Å²) in [4.78, 5) is 27.3. The van der Waals surface area contributed by atoms with Crippen molar-refractivity contribution in [3.05, 3.63) is 96.1 Å². The number of hydrogen-bond acceptors (Lipinski definition) is 3. The number of benzene rings is 3. The molecule has 0 fully saturated rings. The fourth-order valence-corrected chi connectivity index (χ4v) is 4.24. The number of urea groups is 1. The molecule has 3 rings (SSSR count). The number of methoxy groups -OCH3 is 1. The van der Waals surface area contributed by atoms with E-state index in [1.165, 1.54) is 11.1 Å². The standard InChI is InChI=1S/C30H37N3O3/c1-23(2)22-33(30(35)32-27-16-10-11-17-28(27)36-3)21-19-29(34)31-20-18-26(24-12-6-4-7-13-24)25-14-8-5-9-15-25/h4-17,23,26H,18-22H2,1-3H3,(H,31,34)(H,32,35). The average Bonchev–Trinajstić information content (AvgIpc) is 2.90. The molecule has 0 radical (unpaired) electrons. The summed E-state index contributed by atoms with van der Waals surface area (Å²) >= 11 is 0. The van der Waals surface area contributed by atoms with E-state index in [0.29, 0.717) is 31.1 Å². The van der Waals surface area contributed by atoms with E-state index in [-0.39, 0.29) is 30.2 Å². The Morgan fingerprint density at radius 1 is 0.861 bits per heavy atom. The van der Waals surface area contributed by atoms with E-state index in [9.17, 15) is 9.59 Å². The maximum absolute atomic E-state index is 13.0. The molecule has 6 heteroatoms. The lowest BCUT2D eigenvalue weighted by Gasteiger charge is -2.25. The van der Waals surface area contributed by atoms with Gasteiger partial charge in [-0.25, -0.2) is 4.79 Å². The van der Waals surface area contributed by atoms with Gasteiger partial charge in [0, 0.05) is 32.0 Å².